The Hall–Kier alpha value is -3.15. The highest BCUT2D eigenvalue weighted by molar-refractivity contribution is 5.94. The predicted octanol–water partition coefficient (Wildman–Crippen LogP) is 4.28. The molecule has 0 radical (unpaired) electrons. The lowest BCUT2D eigenvalue weighted by Gasteiger charge is -2.37. The maximum Gasteiger partial charge on any atom is 0.253 e. The van der Waals surface area contributed by atoms with Crippen LogP contribution in [0.2, 0.25) is 0 Å². The van der Waals surface area contributed by atoms with Crippen molar-refractivity contribution in [2.75, 3.05) is 20.2 Å². The van der Waals surface area contributed by atoms with E-state index in [0.717, 1.165) is 5.56 Å². The molecule has 1 fully saturated rings. The summed E-state index contributed by atoms with van der Waals surface area (Å²) in [5, 5.41) is 4.09. The highest BCUT2D eigenvalue weighted by Gasteiger charge is 2.36. The smallest absolute Gasteiger partial charge is 0.253 e. The number of amides is 1. The largest absolute Gasteiger partial charge is 0.496 e. The third kappa shape index (κ3) is 3.75. The number of hydrogen-bond acceptors (Lipinski definition) is 5. The summed E-state index contributed by atoms with van der Waals surface area (Å²) >= 11 is 0. The van der Waals surface area contributed by atoms with Gasteiger partial charge in [0.1, 0.15) is 5.75 Å². The first-order valence-electron chi connectivity index (χ1n) is 9.73. The van der Waals surface area contributed by atoms with Crippen molar-refractivity contribution in [2.24, 2.45) is 0 Å². The zero-order chi connectivity index (χ0) is 20.6. The molecule has 0 saturated carbocycles. The second kappa shape index (κ2) is 7.35. The molecule has 0 bridgehead atoms. The van der Waals surface area contributed by atoms with Crippen LogP contribution in [0.15, 0.2) is 53.1 Å². The molecule has 2 heterocycles. The van der Waals surface area contributed by atoms with Crippen molar-refractivity contribution in [1.82, 2.24) is 15.0 Å². The topological polar surface area (TPSA) is 68.5 Å². The minimum absolute atomic E-state index is 0.0335. The number of carbonyl (C=O) groups is 1. The van der Waals surface area contributed by atoms with E-state index < -0.39 is 0 Å². The molecule has 0 aliphatic carbocycles. The molecule has 1 aliphatic rings. The van der Waals surface area contributed by atoms with Crippen LogP contribution in [-0.4, -0.2) is 41.1 Å². The first-order valence-corrected chi connectivity index (χ1v) is 9.73. The van der Waals surface area contributed by atoms with Gasteiger partial charge < -0.3 is 14.2 Å². The van der Waals surface area contributed by atoms with Crippen molar-refractivity contribution in [3.05, 3.63) is 65.5 Å². The lowest BCUT2D eigenvalue weighted by Crippen LogP contribution is -2.48. The minimum atomic E-state index is 0.0335. The molecule has 3 aromatic rings. The van der Waals surface area contributed by atoms with Crippen LogP contribution in [0.3, 0.4) is 0 Å². The molecule has 150 valence electrons. The Bertz CT molecular complexity index is 1010. The van der Waals surface area contributed by atoms with Gasteiger partial charge in [0, 0.05) is 18.7 Å². The SMILES string of the molecule is COc1ccccc1-c1noc(C2CN(C(=O)c3ccc(C(C)(C)C)cc3)C2)n1. The molecule has 1 aliphatic heterocycles. The van der Waals surface area contributed by atoms with Crippen molar-refractivity contribution in [3.8, 4) is 17.1 Å². The van der Waals surface area contributed by atoms with Gasteiger partial charge in [-0.3, -0.25) is 4.79 Å². The Kier molecular flexibility index (Phi) is 4.86. The van der Waals surface area contributed by atoms with Crippen LogP contribution in [0.25, 0.3) is 11.4 Å². The molecule has 6 nitrogen and oxygen atoms in total. The average Bonchev–Trinajstić information content (AvgIpc) is 3.15. The Labute approximate surface area is 170 Å². The third-order valence-electron chi connectivity index (χ3n) is 5.31. The number of methoxy groups -OCH3 is 1. The summed E-state index contributed by atoms with van der Waals surface area (Å²) in [6.07, 6.45) is 0. The first kappa shape index (κ1) is 19.2. The van der Waals surface area contributed by atoms with Crippen molar-refractivity contribution >= 4 is 5.91 Å². The van der Waals surface area contributed by atoms with Gasteiger partial charge in [0.25, 0.3) is 5.91 Å². The molecule has 0 N–H and O–H groups in total. The summed E-state index contributed by atoms with van der Waals surface area (Å²) in [7, 11) is 1.61. The van der Waals surface area contributed by atoms with E-state index in [2.05, 4.69) is 30.9 Å². The fraction of sp³-hybridized carbons (Fsp3) is 0.348. The molecular formula is C23H25N3O3. The molecule has 1 amide bonds. The number of likely N-dealkylation sites (tertiary alicyclic amines) is 1. The van der Waals surface area contributed by atoms with Crippen molar-refractivity contribution in [2.45, 2.75) is 32.1 Å². The molecule has 6 heteroatoms. The fourth-order valence-electron chi connectivity index (χ4n) is 3.44. The van der Waals surface area contributed by atoms with E-state index in [0.29, 0.717) is 36.1 Å². The Morgan fingerprint density at radius 3 is 2.45 bits per heavy atom. The van der Waals surface area contributed by atoms with Crippen LogP contribution in [-0.2, 0) is 5.41 Å². The second-order valence-corrected chi connectivity index (χ2v) is 8.39. The van der Waals surface area contributed by atoms with Crippen molar-refractivity contribution in [1.29, 1.82) is 0 Å². The maximum atomic E-state index is 12.7. The molecule has 1 aromatic heterocycles. The van der Waals surface area contributed by atoms with Gasteiger partial charge in [0.05, 0.1) is 18.6 Å². The van der Waals surface area contributed by atoms with Crippen LogP contribution < -0.4 is 4.74 Å². The average molecular weight is 391 g/mol. The third-order valence-corrected chi connectivity index (χ3v) is 5.31. The van der Waals surface area contributed by atoms with Crippen LogP contribution in [0.1, 0.15) is 48.5 Å². The van der Waals surface area contributed by atoms with Gasteiger partial charge in [0.2, 0.25) is 11.7 Å². The van der Waals surface area contributed by atoms with Gasteiger partial charge in [0.15, 0.2) is 0 Å². The number of ether oxygens (including phenoxy) is 1. The summed E-state index contributed by atoms with van der Waals surface area (Å²) in [6.45, 7) is 7.63. The van der Waals surface area contributed by atoms with Crippen LogP contribution in [0.5, 0.6) is 5.75 Å². The van der Waals surface area contributed by atoms with Gasteiger partial charge in [-0.05, 0) is 35.2 Å². The summed E-state index contributed by atoms with van der Waals surface area (Å²) in [5.41, 5.74) is 2.78. The number of rotatable bonds is 4. The highest BCUT2D eigenvalue weighted by atomic mass is 16.5. The normalized spacial score (nSPS) is 14.6. The van der Waals surface area contributed by atoms with Gasteiger partial charge >= 0.3 is 0 Å². The molecule has 2 aromatic carbocycles. The number of benzene rings is 2. The Morgan fingerprint density at radius 2 is 1.79 bits per heavy atom. The van der Waals surface area contributed by atoms with E-state index in [-0.39, 0.29) is 17.2 Å². The maximum absolute atomic E-state index is 12.7. The highest BCUT2D eigenvalue weighted by Crippen LogP contribution is 2.32. The molecular weight excluding hydrogens is 366 g/mol. The Balaban J connectivity index is 1.41. The summed E-state index contributed by atoms with van der Waals surface area (Å²) in [5.74, 6) is 1.84. The van der Waals surface area contributed by atoms with E-state index in [1.54, 1.807) is 7.11 Å². The van der Waals surface area contributed by atoms with Gasteiger partial charge in [-0.2, -0.15) is 4.98 Å². The number of para-hydroxylation sites is 1. The van der Waals surface area contributed by atoms with E-state index in [1.807, 2.05) is 53.4 Å². The second-order valence-electron chi connectivity index (χ2n) is 8.39. The zero-order valence-corrected chi connectivity index (χ0v) is 17.2. The van der Waals surface area contributed by atoms with E-state index in [1.165, 1.54) is 5.56 Å². The zero-order valence-electron chi connectivity index (χ0n) is 17.2. The molecule has 0 spiro atoms. The van der Waals surface area contributed by atoms with Crippen LogP contribution in [0, 0.1) is 0 Å². The summed E-state index contributed by atoms with van der Waals surface area (Å²) in [4.78, 5) is 19.0. The van der Waals surface area contributed by atoms with E-state index in [9.17, 15) is 4.79 Å². The minimum Gasteiger partial charge on any atom is -0.496 e. The number of nitrogens with zero attached hydrogens (tertiary/aromatic N) is 3. The molecule has 4 rings (SSSR count). The first-order chi connectivity index (χ1) is 13.9. The predicted molar refractivity (Wildman–Crippen MR) is 110 cm³/mol. The molecule has 0 atom stereocenters. The molecule has 0 unspecified atom stereocenters. The summed E-state index contributed by atoms with van der Waals surface area (Å²) < 4.78 is 10.8. The van der Waals surface area contributed by atoms with Crippen LogP contribution in [0.4, 0.5) is 0 Å². The monoisotopic (exact) mass is 391 g/mol. The van der Waals surface area contributed by atoms with Crippen molar-refractivity contribution in [3.63, 3.8) is 0 Å². The number of carbonyl (C=O) groups excluding carboxylic acids is 1. The molecule has 29 heavy (non-hydrogen) atoms. The lowest BCUT2D eigenvalue weighted by molar-refractivity contribution is 0.0569. The van der Waals surface area contributed by atoms with E-state index >= 15 is 0 Å². The van der Waals surface area contributed by atoms with Gasteiger partial charge in [-0.1, -0.05) is 50.2 Å². The van der Waals surface area contributed by atoms with Gasteiger partial charge in [-0.25, -0.2) is 0 Å². The molecule has 1 saturated heterocycles. The lowest BCUT2D eigenvalue weighted by atomic mass is 9.86. The number of hydrogen-bond donors (Lipinski definition) is 0. The van der Waals surface area contributed by atoms with Gasteiger partial charge in [-0.15, -0.1) is 0 Å². The van der Waals surface area contributed by atoms with E-state index in [4.69, 9.17) is 9.26 Å². The van der Waals surface area contributed by atoms with Crippen molar-refractivity contribution < 1.29 is 14.1 Å². The van der Waals surface area contributed by atoms with Crippen LogP contribution >= 0.6 is 0 Å². The quantitative estimate of drug-likeness (QED) is 0.664. The summed E-state index contributed by atoms with van der Waals surface area (Å²) in [6, 6.07) is 15.4. The number of aromatic nitrogens is 2. The Morgan fingerprint density at radius 1 is 1.10 bits per heavy atom. The standard InChI is InChI=1S/C23H25N3O3/c1-23(2,3)17-11-9-15(10-12-17)22(27)26-13-16(14-26)21-24-20(25-29-21)18-7-5-6-8-19(18)28-4/h5-12,16H,13-14H2,1-4H3. The fourth-order valence-corrected chi connectivity index (χ4v) is 3.44.